The fraction of sp³-hybridized carbons (Fsp3) is 0.208. The van der Waals surface area contributed by atoms with Gasteiger partial charge >= 0.3 is 0 Å². The van der Waals surface area contributed by atoms with Crippen LogP contribution in [0.5, 0.6) is 0 Å². The molecule has 34 heavy (non-hydrogen) atoms. The third-order valence-electron chi connectivity index (χ3n) is 5.32. The van der Waals surface area contributed by atoms with Crippen LogP contribution in [0.1, 0.15) is 53.2 Å². The van der Waals surface area contributed by atoms with Gasteiger partial charge in [0.15, 0.2) is 5.69 Å². The molecule has 174 valence electrons. The predicted molar refractivity (Wildman–Crippen MR) is 129 cm³/mol. The van der Waals surface area contributed by atoms with Crippen molar-refractivity contribution in [3.63, 3.8) is 0 Å². The number of hydrazine groups is 1. The number of aryl methyl sites for hydroxylation is 1. The molecule has 0 spiro atoms. The first-order valence-electron chi connectivity index (χ1n) is 10.8. The average molecular weight is 479 g/mol. The van der Waals surface area contributed by atoms with Crippen molar-refractivity contribution in [1.29, 1.82) is 0 Å². The van der Waals surface area contributed by atoms with Crippen molar-refractivity contribution in [1.82, 2.24) is 30.4 Å². The van der Waals surface area contributed by atoms with Crippen molar-refractivity contribution in [3.05, 3.63) is 87.1 Å². The minimum Gasteiger partial charge on any atom is -0.267 e. The van der Waals surface area contributed by atoms with Crippen LogP contribution in [-0.2, 0) is 6.54 Å². The number of nitrogens with one attached hydrogen (secondary N) is 2. The standard InChI is InChI=1S/C24H23ClN6O3/c1-4-30-24(34)18-11-6-5-10-17(18)20(29-30)23(33)28-27-22(32)19-13-26-31(21(19)14(2)3)16-9-7-8-15(25)12-16/h5-14H,4H2,1-3H3,(H,27,32)(H,28,33). The van der Waals surface area contributed by atoms with Crippen LogP contribution in [0.2, 0.25) is 5.02 Å². The van der Waals surface area contributed by atoms with Gasteiger partial charge in [0.25, 0.3) is 17.4 Å². The quantitative estimate of drug-likeness (QED) is 0.427. The lowest BCUT2D eigenvalue weighted by Gasteiger charge is -2.14. The van der Waals surface area contributed by atoms with Crippen molar-refractivity contribution in [2.75, 3.05) is 0 Å². The van der Waals surface area contributed by atoms with Crippen molar-refractivity contribution in [2.45, 2.75) is 33.2 Å². The van der Waals surface area contributed by atoms with Gasteiger partial charge in [-0.1, -0.05) is 49.7 Å². The van der Waals surface area contributed by atoms with Crippen LogP contribution in [0, 0.1) is 0 Å². The number of carbonyl (C=O) groups excluding carboxylic acids is 2. The Morgan fingerprint density at radius 1 is 1.03 bits per heavy atom. The zero-order valence-corrected chi connectivity index (χ0v) is 19.6. The highest BCUT2D eigenvalue weighted by Crippen LogP contribution is 2.24. The van der Waals surface area contributed by atoms with E-state index in [0.29, 0.717) is 33.6 Å². The van der Waals surface area contributed by atoms with Gasteiger partial charge in [0.05, 0.1) is 28.5 Å². The molecule has 0 aliphatic carbocycles. The molecule has 2 aromatic carbocycles. The van der Waals surface area contributed by atoms with E-state index in [-0.39, 0.29) is 17.2 Å². The Morgan fingerprint density at radius 3 is 2.41 bits per heavy atom. The molecule has 2 N–H and O–H groups in total. The predicted octanol–water partition coefficient (Wildman–Crippen LogP) is 3.45. The number of hydrogen-bond donors (Lipinski definition) is 2. The number of nitrogens with zero attached hydrogens (tertiary/aromatic N) is 4. The number of fused-ring (bicyclic) bond motifs is 1. The molecule has 0 atom stereocenters. The van der Waals surface area contributed by atoms with E-state index in [2.05, 4.69) is 21.0 Å². The molecule has 9 nitrogen and oxygen atoms in total. The Hall–Kier alpha value is -3.98. The summed E-state index contributed by atoms with van der Waals surface area (Å²) >= 11 is 6.12. The van der Waals surface area contributed by atoms with Crippen molar-refractivity contribution in [2.24, 2.45) is 0 Å². The van der Waals surface area contributed by atoms with Gasteiger partial charge < -0.3 is 0 Å². The first kappa shape index (κ1) is 23.2. The highest BCUT2D eigenvalue weighted by atomic mass is 35.5. The second-order valence-electron chi connectivity index (χ2n) is 7.91. The molecule has 2 heterocycles. The SMILES string of the molecule is CCn1nc(C(=O)NNC(=O)c2cnn(-c3cccc(Cl)c3)c2C(C)C)c2ccccc2c1=O. The van der Waals surface area contributed by atoms with Crippen LogP contribution in [0.4, 0.5) is 0 Å². The fourth-order valence-corrected chi connectivity index (χ4v) is 3.94. The van der Waals surface area contributed by atoms with E-state index in [9.17, 15) is 14.4 Å². The topological polar surface area (TPSA) is 111 Å². The monoisotopic (exact) mass is 478 g/mol. The Balaban J connectivity index is 1.61. The maximum absolute atomic E-state index is 13.0. The van der Waals surface area contributed by atoms with E-state index < -0.39 is 11.8 Å². The lowest BCUT2D eigenvalue weighted by Crippen LogP contribution is -2.43. The molecule has 0 aliphatic heterocycles. The van der Waals surface area contributed by atoms with Crippen LogP contribution in [0.3, 0.4) is 0 Å². The summed E-state index contributed by atoms with van der Waals surface area (Å²) in [6.07, 6.45) is 1.45. The van der Waals surface area contributed by atoms with Crippen LogP contribution in [0.25, 0.3) is 16.5 Å². The summed E-state index contributed by atoms with van der Waals surface area (Å²) in [4.78, 5) is 38.4. The normalized spacial score (nSPS) is 11.1. The number of benzene rings is 2. The molecule has 0 radical (unpaired) electrons. The molecule has 0 aliphatic rings. The molecular weight excluding hydrogens is 456 g/mol. The van der Waals surface area contributed by atoms with E-state index in [1.54, 1.807) is 54.1 Å². The highest BCUT2D eigenvalue weighted by Gasteiger charge is 2.22. The molecule has 0 unspecified atom stereocenters. The Morgan fingerprint density at radius 2 is 1.74 bits per heavy atom. The zero-order valence-electron chi connectivity index (χ0n) is 18.9. The summed E-state index contributed by atoms with van der Waals surface area (Å²) in [5, 5.41) is 9.87. The number of amides is 2. The maximum Gasteiger partial charge on any atom is 0.290 e. The van der Waals surface area contributed by atoms with Gasteiger partial charge in [0.2, 0.25) is 0 Å². The summed E-state index contributed by atoms with van der Waals surface area (Å²) in [5.74, 6) is -1.21. The summed E-state index contributed by atoms with van der Waals surface area (Å²) in [7, 11) is 0. The molecule has 4 rings (SSSR count). The molecule has 0 bridgehead atoms. The summed E-state index contributed by atoms with van der Waals surface area (Å²) in [6.45, 7) is 5.95. The molecule has 0 saturated heterocycles. The summed E-state index contributed by atoms with van der Waals surface area (Å²) < 4.78 is 2.87. The smallest absolute Gasteiger partial charge is 0.267 e. The van der Waals surface area contributed by atoms with Crippen LogP contribution >= 0.6 is 11.6 Å². The van der Waals surface area contributed by atoms with Gasteiger partial charge in [0, 0.05) is 17.0 Å². The number of halogens is 1. The van der Waals surface area contributed by atoms with E-state index in [4.69, 9.17) is 11.6 Å². The highest BCUT2D eigenvalue weighted by molar-refractivity contribution is 6.30. The van der Waals surface area contributed by atoms with Crippen LogP contribution < -0.4 is 16.4 Å². The van der Waals surface area contributed by atoms with Gasteiger partial charge in [-0.25, -0.2) is 9.36 Å². The zero-order chi connectivity index (χ0) is 24.4. The summed E-state index contributed by atoms with van der Waals surface area (Å²) in [6, 6.07) is 13.9. The van der Waals surface area contributed by atoms with Crippen molar-refractivity contribution in [3.8, 4) is 5.69 Å². The third kappa shape index (κ3) is 4.29. The van der Waals surface area contributed by atoms with E-state index >= 15 is 0 Å². The largest absolute Gasteiger partial charge is 0.290 e. The van der Waals surface area contributed by atoms with Gasteiger partial charge in [-0.2, -0.15) is 10.2 Å². The number of rotatable bonds is 5. The number of hydrogen-bond acceptors (Lipinski definition) is 5. The summed E-state index contributed by atoms with van der Waals surface area (Å²) in [5.41, 5.74) is 6.30. The average Bonchev–Trinajstić information content (AvgIpc) is 3.28. The fourth-order valence-electron chi connectivity index (χ4n) is 3.76. The van der Waals surface area contributed by atoms with Crippen molar-refractivity contribution < 1.29 is 9.59 Å². The van der Waals surface area contributed by atoms with Crippen molar-refractivity contribution >= 4 is 34.2 Å². The number of aromatic nitrogens is 4. The van der Waals surface area contributed by atoms with E-state index in [1.807, 2.05) is 19.9 Å². The lowest BCUT2D eigenvalue weighted by molar-refractivity contribution is 0.0843. The first-order chi connectivity index (χ1) is 16.3. The van der Waals surface area contributed by atoms with E-state index in [0.717, 1.165) is 5.69 Å². The first-order valence-corrected chi connectivity index (χ1v) is 11.1. The molecule has 0 saturated carbocycles. The molecule has 2 aromatic heterocycles. The second-order valence-corrected chi connectivity index (χ2v) is 8.35. The molecule has 10 heteroatoms. The minimum absolute atomic E-state index is 0.0380. The van der Waals surface area contributed by atoms with Gasteiger partial charge in [0.1, 0.15) is 0 Å². The molecular formula is C24H23ClN6O3. The Bertz CT molecular complexity index is 1460. The third-order valence-corrected chi connectivity index (χ3v) is 5.56. The molecule has 2 amide bonds. The van der Waals surface area contributed by atoms with Crippen LogP contribution in [-0.4, -0.2) is 31.4 Å². The Kier molecular flexibility index (Phi) is 6.47. The second kappa shape index (κ2) is 9.48. The molecule has 4 aromatic rings. The van der Waals surface area contributed by atoms with Crippen LogP contribution in [0.15, 0.2) is 59.5 Å². The minimum atomic E-state index is -0.639. The molecule has 0 fully saturated rings. The maximum atomic E-state index is 13.0. The van der Waals surface area contributed by atoms with Gasteiger partial charge in [-0.3, -0.25) is 25.2 Å². The number of carbonyl (C=O) groups is 2. The van der Waals surface area contributed by atoms with Gasteiger partial charge in [-0.05, 0) is 37.1 Å². The van der Waals surface area contributed by atoms with E-state index in [1.165, 1.54) is 10.9 Å². The Labute approximate surface area is 200 Å². The van der Waals surface area contributed by atoms with Gasteiger partial charge in [-0.15, -0.1) is 0 Å². The lowest BCUT2D eigenvalue weighted by atomic mass is 10.1.